The van der Waals surface area contributed by atoms with Gasteiger partial charge in [0.25, 0.3) is 5.91 Å². The predicted octanol–water partition coefficient (Wildman–Crippen LogP) is 1.86. The lowest BCUT2D eigenvalue weighted by Crippen LogP contribution is -2.48. The minimum atomic E-state index is 0.0483. The van der Waals surface area contributed by atoms with Crippen molar-refractivity contribution in [3.05, 3.63) is 40.9 Å². The van der Waals surface area contributed by atoms with Crippen LogP contribution in [0.4, 0.5) is 5.69 Å². The molecule has 7 heteroatoms. The number of anilines is 1. The van der Waals surface area contributed by atoms with Gasteiger partial charge in [-0.3, -0.25) is 9.69 Å². The van der Waals surface area contributed by atoms with E-state index in [-0.39, 0.29) is 11.9 Å². The Hall–Kier alpha value is -1.99. The van der Waals surface area contributed by atoms with Crippen molar-refractivity contribution in [2.24, 2.45) is 0 Å². The Labute approximate surface area is 140 Å². The highest BCUT2D eigenvalue weighted by molar-refractivity contribution is 7.03. The first kappa shape index (κ1) is 15.9. The van der Waals surface area contributed by atoms with Gasteiger partial charge >= 0.3 is 0 Å². The average Bonchev–Trinajstić information content (AvgIpc) is 3.07. The molecule has 0 bridgehead atoms. The van der Waals surface area contributed by atoms with Crippen LogP contribution in [-0.4, -0.2) is 51.5 Å². The number of piperidine rings is 1. The van der Waals surface area contributed by atoms with E-state index in [2.05, 4.69) is 14.5 Å². The molecule has 0 radical (unpaired) electrons. The Morgan fingerprint density at radius 2 is 2.22 bits per heavy atom. The molecule has 122 valence electrons. The van der Waals surface area contributed by atoms with Crippen molar-refractivity contribution in [3.8, 4) is 0 Å². The lowest BCUT2D eigenvalue weighted by molar-refractivity contribution is 0.0608. The number of rotatable bonds is 4. The van der Waals surface area contributed by atoms with E-state index < -0.39 is 0 Å². The predicted molar refractivity (Wildman–Crippen MR) is 91.2 cm³/mol. The van der Waals surface area contributed by atoms with Gasteiger partial charge < -0.3 is 10.6 Å². The molecule has 2 aromatic rings. The van der Waals surface area contributed by atoms with Crippen LogP contribution in [0.3, 0.4) is 0 Å². The first-order chi connectivity index (χ1) is 11.1. The molecule has 0 aliphatic carbocycles. The van der Waals surface area contributed by atoms with Gasteiger partial charge in [0, 0.05) is 42.8 Å². The van der Waals surface area contributed by atoms with E-state index in [1.807, 2.05) is 17.3 Å². The summed E-state index contributed by atoms with van der Waals surface area (Å²) in [6.07, 6.45) is 2.12. The van der Waals surface area contributed by atoms with E-state index in [1.54, 1.807) is 24.3 Å². The lowest BCUT2D eigenvalue weighted by atomic mass is 10.0. The quantitative estimate of drug-likeness (QED) is 0.866. The number of carbonyl (C=O) groups excluding carboxylic acids is 1. The standard InChI is InChI=1S/C16H21N5OS/c1-20(16(22)12-4-6-13(17)7-5-12)15-3-2-8-21(10-15)9-14-11-23-19-18-14/h4-7,11,15H,2-3,8-10,17H2,1H3. The zero-order chi connectivity index (χ0) is 16.2. The monoisotopic (exact) mass is 331 g/mol. The Bertz CT molecular complexity index is 643. The second-order valence-electron chi connectivity index (χ2n) is 5.97. The fourth-order valence-electron chi connectivity index (χ4n) is 2.97. The summed E-state index contributed by atoms with van der Waals surface area (Å²) in [5.74, 6) is 0.0483. The van der Waals surface area contributed by atoms with E-state index in [1.165, 1.54) is 11.5 Å². The van der Waals surface area contributed by atoms with Crippen LogP contribution in [0.1, 0.15) is 28.9 Å². The normalized spacial score (nSPS) is 18.7. The van der Waals surface area contributed by atoms with Crippen molar-refractivity contribution >= 4 is 23.1 Å². The van der Waals surface area contributed by atoms with Gasteiger partial charge in [-0.1, -0.05) is 4.49 Å². The molecule has 2 heterocycles. The fourth-order valence-corrected chi connectivity index (χ4v) is 3.41. The zero-order valence-electron chi connectivity index (χ0n) is 13.2. The van der Waals surface area contributed by atoms with E-state index in [4.69, 9.17) is 5.73 Å². The van der Waals surface area contributed by atoms with E-state index in [9.17, 15) is 4.79 Å². The van der Waals surface area contributed by atoms with Crippen molar-refractivity contribution in [3.63, 3.8) is 0 Å². The number of likely N-dealkylation sites (tertiary alicyclic amines) is 1. The maximum atomic E-state index is 12.6. The van der Waals surface area contributed by atoms with Crippen LogP contribution in [0.25, 0.3) is 0 Å². The molecule has 1 amide bonds. The molecule has 3 rings (SSSR count). The number of hydrogen-bond acceptors (Lipinski definition) is 6. The molecule has 6 nitrogen and oxygen atoms in total. The van der Waals surface area contributed by atoms with Crippen LogP contribution >= 0.6 is 11.5 Å². The second kappa shape index (κ2) is 7.06. The molecular weight excluding hydrogens is 310 g/mol. The van der Waals surface area contributed by atoms with E-state index in [0.717, 1.165) is 38.2 Å². The number of nitrogens with zero attached hydrogens (tertiary/aromatic N) is 4. The van der Waals surface area contributed by atoms with Gasteiger partial charge in [0.1, 0.15) is 0 Å². The summed E-state index contributed by atoms with van der Waals surface area (Å²) in [5, 5.41) is 6.08. The topological polar surface area (TPSA) is 75.3 Å². The number of aromatic nitrogens is 2. The number of nitrogens with two attached hydrogens (primary N) is 1. The van der Waals surface area contributed by atoms with Crippen LogP contribution in [0, 0.1) is 0 Å². The molecular formula is C16H21N5OS. The van der Waals surface area contributed by atoms with Gasteiger partial charge in [0.2, 0.25) is 0 Å². The second-order valence-corrected chi connectivity index (χ2v) is 6.58. The number of amides is 1. The lowest BCUT2D eigenvalue weighted by Gasteiger charge is -2.37. The molecule has 0 spiro atoms. The molecule has 1 aromatic heterocycles. The summed E-state index contributed by atoms with van der Waals surface area (Å²) in [7, 11) is 1.89. The first-order valence-corrected chi connectivity index (χ1v) is 8.58. The van der Waals surface area contributed by atoms with Gasteiger partial charge in [-0.15, -0.1) is 5.10 Å². The summed E-state index contributed by atoms with van der Waals surface area (Å²) in [6, 6.07) is 7.33. The van der Waals surface area contributed by atoms with Crippen LogP contribution < -0.4 is 5.73 Å². The molecule has 1 aliphatic rings. The largest absolute Gasteiger partial charge is 0.399 e. The summed E-state index contributed by atoms with van der Waals surface area (Å²) < 4.78 is 3.91. The summed E-state index contributed by atoms with van der Waals surface area (Å²) in [6.45, 7) is 2.71. The van der Waals surface area contributed by atoms with Gasteiger partial charge in [-0.25, -0.2) is 0 Å². The van der Waals surface area contributed by atoms with Gasteiger partial charge in [-0.2, -0.15) is 0 Å². The summed E-state index contributed by atoms with van der Waals surface area (Å²) in [4.78, 5) is 16.8. The first-order valence-electron chi connectivity index (χ1n) is 7.74. The van der Waals surface area contributed by atoms with Gasteiger partial charge in [0.15, 0.2) is 0 Å². The molecule has 1 aromatic carbocycles. The van der Waals surface area contributed by atoms with Crippen LogP contribution in [-0.2, 0) is 6.54 Å². The highest BCUT2D eigenvalue weighted by Crippen LogP contribution is 2.19. The van der Waals surface area contributed by atoms with Crippen molar-refractivity contribution in [1.29, 1.82) is 0 Å². The highest BCUT2D eigenvalue weighted by Gasteiger charge is 2.27. The minimum absolute atomic E-state index is 0.0483. The summed E-state index contributed by atoms with van der Waals surface area (Å²) >= 11 is 1.38. The number of carbonyl (C=O) groups is 1. The molecule has 1 fully saturated rings. The molecule has 2 N–H and O–H groups in total. The zero-order valence-corrected chi connectivity index (χ0v) is 14.0. The van der Waals surface area contributed by atoms with Gasteiger partial charge in [-0.05, 0) is 55.2 Å². The molecule has 1 unspecified atom stereocenters. The number of benzene rings is 1. The SMILES string of the molecule is CN(C(=O)c1ccc(N)cc1)C1CCCN(Cc2csnn2)C1. The third kappa shape index (κ3) is 3.86. The minimum Gasteiger partial charge on any atom is -0.399 e. The Morgan fingerprint density at radius 1 is 1.43 bits per heavy atom. The van der Waals surface area contributed by atoms with Crippen molar-refractivity contribution in [1.82, 2.24) is 19.4 Å². The maximum Gasteiger partial charge on any atom is 0.253 e. The average molecular weight is 331 g/mol. The fraction of sp³-hybridized carbons (Fsp3) is 0.438. The highest BCUT2D eigenvalue weighted by atomic mass is 32.1. The maximum absolute atomic E-state index is 12.6. The number of likely N-dealkylation sites (N-methyl/N-ethyl adjacent to an activating group) is 1. The van der Waals surface area contributed by atoms with Crippen LogP contribution in [0.5, 0.6) is 0 Å². The third-order valence-corrected chi connectivity index (χ3v) is 4.85. The molecule has 1 atom stereocenters. The van der Waals surface area contributed by atoms with Crippen LogP contribution in [0.2, 0.25) is 0 Å². The van der Waals surface area contributed by atoms with E-state index in [0.29, 0.717) is 11.3 Å². The number of nitrogen functional groups attached to an aromatic ring is 1. The van der Waals surface area contributed by atoms with Crippen molar-refractivity contribution in [2.45, 2.75) is 25.4 Å². The molecule has 1 aliphatic heterocycles. The molecule has 1 saturated heterocycles. The molecule has 23 heavy (non-hydrogen) atoms. The smallest absolute Gasteiger partial charge is 0.253 e. The van der Waals surface area contributed by atoms with Crippen LogP contribution in [0.15, 0.2) is 29.6 Å². The van der Waals surface area contributed by atoms with E-state index >= 15 is 0 Å². The summed E-state index contributed by atoms with van der Waals surface area (Å²) in [5.41, 5.74) is 8.04. The third-order valence-electron chi connectivity index (χ3n) is 4.30. The Kier molecular flexibility index (Phi) is 4.88. The van der Waals surface area contributed by atoms with Gasteiger partial charge in [0.05, 0.1) is 5.69 Å². The van der Waals surface area contributed by atoms with Crippen molar-refractivity contribution in [2.75, 3.05) is 25.9 Å². The Balaban J connectivity index is 1.63. The van der Waals surface area contributed by atoms with Crippen molar-refractivity contribution < 1.29 is 4.79 Å². The Morgan fingerprint density at radius 3 is 2.91 bits per heavy atom. The number of hydrogen-bond donors (Lipinski definition) is 1. The molecule has 0 saturated carbocycles.